The molecule has 184 valence electrons. The van der Waals surface area contributed by atoms with E-state index in [9.17, 15) is 31.4 Å². The average Bonchev–Trinajstić information content (AvgIpc) is 3.20. The molecule has 0 radical (unpaired) electrons. The first-order chi connectivity index (χ1) is 15.4. The Kier molecular flexibility index (Phi) is 7.10. The van der Waals surface area contributed by atoms with Gasteiger partial charge in [-0.25, -0.2) is 4.98 Å². The maximum atomic E-state index is 13.7. The summed E-state index contributed by atoms with van der Waals surface area (Å²) < 4.78 is 92.6. The van der Waals surface area contributed by atoms with E-state index in [4.69, 9.17) is 14.9 Å². The molecule has 3 N–H and O–H groups in total. The number of hydrogen-bond donors (Lipinski definition) is 2. The minimum Gasteiger partial charge on any atom is -0.474 e. The number of nitrogens with two attached hydrogens (primary N) is 1. The fraction of sp³-hybridized carbons (Fsp3) is 0.650. The minimum atomic E-state index is -5.12. The third kappa shape index (κ3) is 5.33. The van der Waals surface area contributed by atoms with Gasteiger partial charge < -0.3 is 20.0 Å². The third-order valence-electron chi connectivity index (χ3n) is 5.50. The number of nitrogens with zero attached hydrogens (tertiary/aromatic N) is 3. The Balaban J connectivity index is 2.15. The molecule has 7 nitrogen and oxygen atoms in total. The zero-order chi connectivity index (χ0) is 24.4. The van der Waals surface area contributed by atoms with E-state index in [1.54, 1.807) is 0 Å². The number of ether oxygens (including phenoxy) is 1. The van der Waals surface area contributed by atoms with E-state index in [0.717, 1.165) is 6.42 Å². The van der Waals surface area contributed by atoms with Crippen LogP contribution in [0.1, 0.15) is 69.7 Å². The number of nitrogen functional groups attached to an aromatic ring is 1. The molecule has 0 fully saturated rings. The standard InChI is InChI=1S/C20H24F6N4O3/c1-2-3-7-11-8-5-4-6-9-18(31,20(24,25)26)17-30-29-16(33-17)14-13(27)10-12(19(21,22)23)15(28-14)32-11/h10-11,31H,2-9,27H2,1H3/t11?,18-/m1/s1. The minimum absolute atomic E-state index is 0.0340. The number of rotatable bonds is 3. The smallest absolute Gasteiger partial charge is 0.426 e. The molecule has 2 atom stereocenters. The maximum absolute atomic E-state index is 13.7. The molecule has 1 unspecified atom stereocenters. The molecule has 33 heavy (non-hydrogen) atoms. The summed E-state index contributed by atoms with van der Waals surface area (Å²) in [5.41, 5.74) is 0.0655. The highest BCUT2D eigenvalue weighted by atomic mass is 19.4. The number of aromatic nitrogens is 3. The predicted octanol–water partition coefficient (Wildman–Crippen LogP) is 5.38. The van der Waals surface area contributed by atoms with E-state index in [1.807, 2.05) is 6.92 Å². The molecule has 2 aromatic heterocycles. The van der Waals surface area contributed by atoms with Crippen molar-refractivity contribution in [3.05, 3.63) is 17.5 Å². The zero-order valence-electron chi connectivity index (χ0n) is 17.8. The van der Waals surface area contributed by atoms with Gasteiger partial charge in [-0.1, -0.05) is 26.2 Å². The summed E-state index contributed by atoms with van der Waals surface area (Å²) in [5.74, 6) is -2.56. The fourth-order valence-corrected chi connectivity index (χ4v) is 3.61. The van der Waals surface area contributed by atoms with E-state index in [-0.39, 0.29) is 12.8 Å². The molecule has 0 aliphatic carbocycles. The van der Waals surface area contributed by atoms with E-state index in [2.05, 4.69) is 15.2 Å². The molecule has 1 aliphatic rings. The van der Waals surface area contributed by atoms with Crippen LogP contribution in [0, 0.1) is 0 Å². The Bertz CT molecular complexity index is 962. The number of fused-ring (bicyclic) bond motifs is 5. The number of aliphatic hydroxyl groups is 1. The Morgan fingerprint density at radius 1 is 1.15 bits per heavy atom. The summed E-state index contributed by atoms with van der Waals surface area (Å²) in [7, 11) is 0. The molecule has 1 aliphatic heterocycles. The lowest BCUT2D eigenvalue weighted by Gasteiger charge is -2.27. The van der Waals surface area contributed by atoms with Crippen molar-refractivity contribution in [1.29, 1.82) is 0 Å². The maximum Gasteiger partial charge on any atom is 0.426 e. The van der Waals surface area contributed by atoms with E-state index < -0.39 is 65.1 Å². The predicted molar refractivity (Wildman–Crippen MR) is 104 cm³/mol. The average molecular weight is 482 g/mol. The fourth-order valence-electron chi connectivity index (χ4n) is 3.61. The van der Waals surface area contributed by atoms with Crippen LogP contribution in [0.3, 0.4) is 0 Å². The lowest BCUT2D eigenvalue weighted by Crippen LogP contribution is -2.42. The lowest BCUT2D eigenvalue weighted by atomic mass is 9.94. The largest absolute Gasteiger partial charge is 0.474 e. The molecular weight excluding hydrogens is 458 g/mol. The van der Waals surface area contributed by atoms with E-state index in [0.29, 0.717) is 31.7 Å². The van der Waals surface area contributed by atoms with Crippen molar-refractivity contribution in [3.63, 3.8) is 0 Å². The van der Waals surface area contributed by atoms with Crippen molar-refractivity contribution in [3.8, 4) is 17.5 Å². The second kappa shape index (κ2) is 9.35. The Labute approximate surface area is 185 Å². The summed E-state index contributed by atoms with van der Waals surface area (Å²) >= 11 is 0. The summed E-state index contributed by atoms with van der Waals surface area (Å²) in [6.45, 7) is 1.91. The first-order valence-electron chi connectivity index (χ1n) is 10.5. The van der Waals surface area contributed by atoms with Crippen molar-refractivity contribution in [2.24, 2.45) is 0 Å². The Morgan fingerprint density at radius 3 is 2.52 bits per heavy atom. The number of hydrogen-bond acceptors (Lipinski definition) is 7. The summed E-state index contributed by atoms with van der Waals surface area (Å²) in [4.78, 5) is 3.81. The third-order valence-corrected chi connectivity index (χ3v) is 5.50. The summed E-state index contributed by atoms with van der Waals surface area (Å²) in [5, 5.41) is 17.1. The van der Waals surface area contributed by atoms with E-state index in [1.165, 1.54) is 0 Å². The second-order valence-corrected chi connectivity index (χ2v) is 8.03. The van der Waals surface area contributed by atoms with Crippen LogP contribution in [0.25, 0.3) is 11.6 Å². The second-order valence-electron chi connectivity index (χ2n) is 8.03. The topological polar surface area (TPSA) is 107 Å². The van der Waals surface area contributed by atoms with Crippen LogP contribution in [-0.4, -0.2) is 32.6 Å². The summed E-state index contributed by atoms with van der Waals surface area (Å²) in [6, 6.07) is 0.570. The van der Waals surface area contributed by atoms with Crippen molar-refractivity contribution < 1.29 is 40.6 Å². The van der Waals surface area contributed by atoms with Gasteiger partial charge in [-0.2, -0.15) is 26.3 Å². The monoisotopic (exact) mass is 482 g/mol. The van der Waals surface area contributed by atoms with Crippen LogP contribution in [0.15, 0.2) is 10.5 Å². The first-order valence-corrected chi connectivity index (χ1v) is 10.5. The molecule has 2 aromatic rings. The SMILES string of the molecule is CCCCC1CCCCC[C@](O)(C(F)(F)F)c2nnc(o2)-c2nc(c(C(F)(F)F)cc2N)O1. The Morgan fingerprint density at radius 2 is 1.88 bits per heavy atom. The number of alkyl halides is 6. The van der Waals surface area contributed by atoms with Crippen LogP contribution >= 0.6 is 0 Å². The van der Waals surface area contributed by atoms with Gasteiger partial charge in [0.15, 0.2) is 5.69 Å². The zero-order valence-corrected chi connectivity index (χ0v) is 17.8. The first kappa shape index (κ1) is 25.1. The molecule has 0 saturated heterocycles. The molecule has 0 amide bonds. The van der Waals surface area contributed by atoms with Gasteiger partial charge in [-0.15, -0.1) is 10.2 Å². The molecular formula is C20H24F6N4O3. The van der Waals surface area contributed by atoms with Crippen molar-refractivity contribution in [1.82, 2.24) is 15.2 Å². The highest BCUT2D eigenvalue weighted by Gasteiger charge is 2.58. The highest BCUT2D eigenvalue weighted by Crippen LogP contribution is 2.44. The number of anilines is 1. The van der Waals surface area contributed by atoms with Gasteiger partial charge >= 0.3 is 12.4 Å². The van der Waals surface area contributed by atoms with Crippen LogP contribution in [0.4, 0.5) is 32.0 Å². The van der Waals surface area contributed by atoms with Crippen molar-refractivity contribution in [2.75, 3.05) is 5.73 Å². The molecule has 0 saturated carbocycles. The van der Waals surface area contributed by atoms with Gasteiger partial charge in [0.1, 0.15) is 11.7 Å². The molecule has 4 bridgehead atoms. The van der Waals surface area contributed by atoms with Gasteiger partial charge in [0.05, 0.1) is 5.69 Å². The van der Waals surface area contributed by atoms with Crippen LogP contribution in [0.2, 0.25) is 0 Å². The van der Waals surface area contributed by atoms with Crippen LogP contribution < -0.4 is 10.5 Å². The molecule has 0 spiro atoms. The van der Waals surface area contributed by atoms with Crippen LogP contribution in [0.5, 0.6) is 5.88 Å². The number of unbranched alkanes of at least 4 members (excludes halogenated alkanes) is 1. The molecule has 0 aromatic carbocycles. The van der Waals surface area contributed by atoms with Crippen molar-refractivity contribution in [2.45, 2.75) is 82.3 Å². The molecule has 3 rings (SSSR count). The van der Waals surface area contributed by atoms with Gasteiger partial charge in [-0.05, 0) is 38.2 Å². The molecule has 13 heteroatoms. The molecule has 3 heterocycles. The normalized spacial score (nSPS) is 22.5. The van der Waals surface area contributed by atoms with E-state index >= 15 is 0 Å². The number of pyridine rings is 1. The number of halogens is 6. The summed E-state index contributed by atoms with van der Waals surface area (Å²) in [6.07, 6.45) is -8.51. The van der Waals surface area contributed by atoms with Gasteiger partial charge in [0.2, 0.25) is 11.5 Å². The van der Waals surface area contributed by atoms with Gasteiger partial charge in [-0.3, -0.25) is 0 Å². The Hall–Kier alpha value is -2.57. The quantitative estimate of drug-likeness (QED) is 0.565. The van der Waals surface area contributed by atoms with Gasteiger partial charge in [0.25, 0.3) is 11.8 Å². The lowest BCUT2D eigenvalue weighted by molar-refractivity contribution is -0.277. The van der Waals surface area contributed by atoms with Crippen LogP contribution in [-0.2, 0) is 11.8 Å². The highest BCUT2D eigenvalue weighted by molar-refractivity contribution is 5.68. The van der Waals surface area contributed by atoms with Gasteiger partial charge in [0, 0.05) is 0 Å². The van der Waals surface area contributed by atoms with Crippen molar-refractivity contribution >= 4 is 5.69 Å².